The molecule has 0 N–H and O–H groups in total. The van der Waals surface area contributed by atoms with E-state index in [1.165, 1.54) is 19.5 Å². The summed E-state index contributed by atoms with van der Waals surface area (Å²) in [6, 6.07) is 0. The lowest BCUT2D eigenvalue weighted by Crippen LogP contribution is -2.19. The lowest BCUT2D eigenvalue weighted by atomic mass is 10.0. The third-order valence-electron chi connectivity index (χ3n) is 3.30. The van der Waals surface area contributed by atoms with Crippen molar-refractivity contribution in [3.05, 3.63) is 0 Å². The number of rotatable bonds is 2. The highest BCUT2D eigenvalue weighted by Crippen LogP contribution is 2.54. The van der Waals surface area contributed by atoms with Crippen LogP contribution in [0.4, 0.5) is 0 Å². The maximum Gasteiger partial charge on any atom is 0.00127 e. The minimum absolute atomic E-state index is 0.913. The summed E-state index contributed by atoms with van der Waals surface area (Å²) in [7, 11) is 2.25. The molecule has 1 aliphatic heterocycles. The third-order valence-corrected chi connectivity index (χ3v) is 3.30. The van der Waals surface area contributed by atoms with E-state index in [0.29, 0.717) is 0 Å². The predicted molar refractivity (Wildman–Crippen MR) is 47.4 cm³/mol. The Balaban J connectivity index is 1.79. The fraction of sp³-hybridized carbons (Fsp3) is 1.00. The highest BCUT2D eigenvalue weighted by molar-refractivity contribution is 5.04. The Morgan fingerprint density at radius 2 is 1.82 bits per heavy atom. The minimum Gasteiger partial charge on any atom is -0.306 e. The van der Waals surface area contributed by atoms with Crippen molar-refractivity contribution in [1.82, 2.24) is 4.90 Å². The van der Waals surface area contributed by atoms with E-state index in [-0.39, 0.29) is 0 Å². The average molecular weight is 153 g/mol. The van der Waals surface area contributed by atoms with Crippen molar-refractivity contribution < 1.29 is 0 Å². The smallest absolute Gasteiger partial charge is 0.00127 e. The van der Waals surface area contributed by atoms with Gasteiger partial charge in [0.2, 0.25) is 0 Å². The molecular weight excluding hydrogens is 134 g/mol. The second-order valence-corrected chi connectivity index (χ2v) is 4.84. The van der Waals surface area contributed by atoms with Crippen molar-refractivity contribution in [3.8, 4) is 0 Å². The number of hydrogen-bond acceptors (Lipinski definition) is 1. The first-order valence-corrected chi connectivity index (χ1v) is 4.87. The van der Waals surface area contributed by atoms with Gasteiger partial charge < -0.3 is 4.90 Å². The van der Waals surface area contributed by atoms with Gasteiger partial charge in [0, 0.05) is 13.1 Å². The van der Waals surface area contributed by atoms with Crippen molar-refractivity contribution in [2.75, 3.05) is 20.1 Å². The molecule has 2 aliphatic rings. The topological polar surface area (TPSA) is 3.24 Å². The van der Waals surface area contributed by atoms with Gasteiger partial charge >= 0.3 is 0 Å². The zero-order valence-corrected chi connectivity index (χ0v) is 7.88. The molecule has 2 fully saturated rings. The molecule has 0 aromatic rings. The van der Waals surface area contributed by atoms with Gasteiger partial charge in [0.05, 0.1) is 0 Å². The molecule has 0 amide bonds. The van der Waals surface area contributed by atoms with Crippen LogP contribution >= 0.6 is 0 Å². The van der Waals surface area contributed by atoms with Crippen molar-refractivity contribution in [3.63, 3.8) is 0 Å². The van der Waals surface area contributed by atoms with E-state index in [9.17, 15) is 0 Å². The van der Waals surface area contributed by atoms with Crippen molar-refractivity contribution in [2.24, 2.45) is 23.7 Å². The first kappa shape index (κ1) is 7.60. The Hall–Kier alpha value is -0.0400. The molecule has 0 radical (unpaired) electrons. The summed E-state index contributed by atoms with van der Waals surface area (Å²) in [6.07, 6.45) is 1.48. The fourth-order valence-corrected chi connectivity index (χ4v) is 2.75. The van der Waals surface area contributed by atoms with Gasteiger partial charge in [-0.2, -0.15) is 0 Å². The normalized spacial score (nSPS) is 43.1. The minimum atomic E-state index is 0.913. The predicted octanol–water partition coefficient (Wildman–Crippen LogP) is 1.84. The zero-order chi connectivity index (χ0) is 8.01. The van der Waals surface area contributed by atoms with Gasteiger partial charge in [-0.1, -0.05) is 13.8 Å². The van der Waals surface area contributed by atoms with Crippen LogP contribution in [0.25, 0.3) is 0 Å². The van der Waals surface area contributed by atoms with E-state index < -0.39 is 0 Å². The van der Waals surface area contributed by atoms with E-state index in [1.807, 2.05) is 0 Å². The SMILES string of the molecule is CC(C)CC1C2CN(C)CC12. The van der Waals surface area contributed by atoms with Crippen LogP contribution in [0.3, 0.4) is 0 Å². The van der Waals surface area contributed by atoms with Gasteiger partial charge in [-0.3, -0.25) is 0 Å². The third kappa shape index (κ3) is 1.31. The molecule has 0 aromatic heterocycles. The quantitative estimate of drug-likeness (QED) is 0.585. The summed E-state index contributed by atoms with van der Waals surface area (Å²) in [6.45, 7) is 7.44. The molecule has 11 heavy (non-hydrogen) atoms. The van der Waals surface area contributed by atoms with E-state index in [2.05, 4.69) is 25.8 Å². The zero-order valence-electron chi connectivity index (χ0n) is 7.88. The molecule has 1 heteroatoms. The van der Waals surface area contributed by atoms with Crippen LogP contribution in [0.15, 0.2) is 0 Å². The molecule has 2 rings (SSSR count). The van der Waals surface area contributed by atoms with Crippen LogP contribution in [0.1, 0.15) is 20.3 Å². The molecule has 2 unspecified atom stereocenters. The number of nitrogens with zero attached hydrogens (tertiary/aromatic N) is 1. The Kier molecular flexibility index (Phi) is 1.71. The van der Waals surface area contributed by atoms with E-state index in [1.54, 1.807) is 0 Å². The molecule has 1 saturated carbocycles. The van der Waals surface area contributed by atoms with Crippen LogP contribution in [0.5, 0.6) is 0 Å². The monoisotopic (exact) mass is 153 g/mol. The summed E-state index contributed by atoms with van der Waals surface area (Å²) in [5.41, 5.74) is 0. The standard InChI is InChI=1S/C10H19N/c1-7(2)4-8-9-5-11(3)6-10(8)9/h7-10H,4-6H2,1-3H3. The van der Waals surface area contributed by atoms with Crippen LogP contribution in [-0.4, -0.2) is 25.0 Å². The lowest BCUT2D eigenvalue weighted by Gasteiger charge is -2.13. The molecule has 0 aromatic carbocycles. The maximum absolute atomic E-state index is 2.48. The number of likely N-dealkylation sites (tertiary alicyclic amines) is 1. The Morgan fingerprint density at radius 1 is 1.27 bits per heavy atom. The Labute approximate surface area is 69.8 Å². The van der Waals surface area contributed by atoms with Crippen LogP contribution in [0, 0.1) is 23.7 Å². The highest BCUT2D eigenvalue weighted by atomic mass is 15.2. The number of hydrogen-bond donors (Lipinski definition) is 0. The maximum atomic E-state index is 2.48. The van der Waals surface area contributed by atoms with Gasteiger partial charge in [-0.15, -0.1) is 0 Å². The summed E-state index contributed by atoms with van der Waals surface area (Å²) in [5, 5.41) is 0. The van der Waals surface area contributed by atoms with Gasteiger partial charge in [0.25, 0.3) is 0 Å². The van der Waals surface area contributed by atoms with E-state index in [0.717, 1.165) is 23.7 Å². The molecule has 2 atom stereocenters. The van der Waals surface area contributed by atoms with Crippen molar-refractivity contribution in [2.45, 2.75) is 20.3 Å². The largest absolute Gasteiger partial charge is 0.306 e. The second kappa shape index (κ2) is 2.48. The van der Waals surface area contributed by atoms with E-state index in [4.69, 9.17) is 0 Å². The molecule has 1 aliphatic carbocycles. The number of piperidine rings is 1. The number of fused-ring (bicyclic) bond motifs is 1. The first-order chi connectivity index (χ1) is 5.18. The average Bonchev–Trinajstić information content (AvgIpc) is 2.43. The summed E-state index contributed by atoms with van der Waals surface area (Å²) in [5.74, 6) is 4.19. The van der Waals surface area contributed by atoms with Crippen molar-refractivity contribution in [1.29, 1.82) is 0 Å². The Bertz CT molecular complexity index is 141. The van der Waals surface area contributed by atoms with Crippen LogP contribution < -0.4 is 0 Å². The second-order valence-electron chi connectivity index (χ2n) is 4.84. The highest BCUT2D eigenvalue weighted by Gasteiger charge is 2.53. The molecule has 0 bridgehead atoms. The molecule has 1 saturated heterocycles. The van der Waals surface area contributed by atoms with Gasteiger partial charge in [0.1, 0.15) is 0 Å². The fourth-order valence-electron chi connectivity index (χ4n) is 2.75. The molecular formula is C10H19N. The van der Waals surface area contributed by atoms with E-state index >= 15 is 0 Å². The Morgan fingerprint density at radius 3 is 2.27 bits per heavy atom. The molecule has 1 nitrogen and oxygen atoms in total. The van der Waals surface area contributed by atoms with Crippen LogP contribution in [0.2, 0.25) is 0 Å². The van der Waals surface area contributed by atoms with Gasteiger partial charge in [-0.05, 0) is 37.1 Å². The summed E-state index contributed by atoms with van der Waals surface area (Å²) in [4.78, 5) is 2.48. The molecule has 64 valence electrons. The van der Waals surface area contributed by atoms with Crippen LogP contribution in [-0.2, 0) is 0 Å². The van der Waals surface area contributed by atoms with Gasteiger partial charge in [0.15, 0.2) is 0 Å². The van der Waals surface area contributed by atoms with Gasteiger partial charge in [-0.25, -0.2) is 0 Å². The lowest BCUT2D eigenvalue weighted by molar-refractivity contribution is 0.327. The molecule has 0 spiro atoms. The first-order valence-electron chi connectivity index (χ1n) is 4.87. The molecule has 1 heterocycles. The summed E-state index contributed by atoms with van der Waals surface area (Å²) < 4.78 is 0. The van der Waals surface area contributed by atoms with Crippen molar-refractivity contribution >= 4 is 0 Å². The summed E-state index contributed by atoms with van der Waals surface area (Å²) >= 11 is 0.